The summed E-state index contributed by atoms with van der Waals surface area (Å²) in [4.78, 5) is 11.2. The number of nitrogens with one attached hydrogen (secondary N) is 1. The van der Waals surface area contributed by atoms with Gasteiger partial charge in [-0.15, -0.1) is 0 Å². The summed E-state index contributed by atoms with van der Waals surface area (Å²) in [5, 5.41) is 3.85. The highest BCUT2D eigenvalue weighted by Crippen LogP contribution is 2.30. The van der Waals surface area contributed by atoms with Gasteiger partial charge in [0.15, 0.2) is 0 Å². The quantitative estimate of drug-likeness (QED) is 0.746. The Bertz CT molecular complexity index is 646. The lowest BCUT2D eigenvalue weighted by molar-refractivity contribution is 0.112. The average Bonchev–Trinajstić information content (AvgIpc) is 2.67. The van der Waals surface area contributed by atoms with Gasteiger partial charge in [0.25, 0.3) is 0 Å². The van der Waals surface area contributed by atoms with Crippen molar-refractivity contribution in [2.24, 2.45) is 5.92 Å². The summed E-state index contributed by atoms with van der Waals surface area (Å²) in [6, 6.07) is 19.1. The van der Waals surface area contributed by atoms with Crippen LogP contribution < -0.4 is 5.32 Å². The number of carbonyl (C=O) groups is 1. The van der Waals surface area contributed by atoms with Crippen LogP contribution in [-0.4, -0.2) is 12.3 Å². The van der Waals surface area contributed by atoms with Gasteiger partial charge in [-0.25, -0.2) is 0 Å². The Morgan fingerprint density at radius 2 is 1.67 bits per heavy atom. The van der Waals surface area contributed by atoms with Crippen molar-refractivity contribution >= 4 is 6.29 Å². The number of hydrogen-bond donors (Lipinski definition) is 1. The first-order valence-corrected chi connectivity index (χ1v) is 9.14. The van der Waals surface area contributed by atoms with Crippen molar-refractivity contribution < 1.29 is 4.79 Å². The minimum absolute atomic E-state index is 0.128. The number of rotatable bonds is 6. The summed E-state index contributed by atoms with van der Waals surface area (Å²) in [6.07, 6.45) is 7.66. The third-order valence-corrected chi connectivity index (χ3v) is 5.30. The predicted molar refractivity (Wildman–Crippen MR) is 99.3 cm³/mol. The summed E-state index contributed by atoms with van der Waals surface area (Å²) in [7, 11) is 0. The van der Waals surface area contributed by atoms with Crippen LogP contribution >= 0.6 is 0 Å². The lowest BCUT2D eigenvalue weighted by Crippen LogP contribution is -2.37. The Hall–Kier alpha value is -1.93. The smallest absolute Gasteiger partial charge is 0.150 e. The molecule has 1 N–H and O–H groups in total. The first kappa shape index (κ1) is 16.9. The molecule has 0 heterocycles. The molecule has 0 amide bonds. The van der Waals surface area contributed by atoms with Gasteiger partial charge < -0.3 is 5.32 Å². The molecule has 0 bridgehead atoms. The first-order chi connectivity index (χ1) is 11.8. The highest BCUT2D eigenvalue weighted by Gasteiger charge is 2.24. The largest absolute Gasteiger partial charge is 0.303 e. The molecule has 3 rings (SSSR count). The number of carbonyl (C=O) groups excluding carboxylic acids is 1. The maximum atomic E-state index is 11.2. The van der Waals surface area contributed by atoms with Crippen LogP contribution in [0.2, 0.25) is 0 Å². The van der Waals surface area contributed by atoms with Gasteiger partial charge in [0.2, 0.25) is 0 Å². The van der Waals surface area contributed by atoms with Gasteiger partial charge in [0, 0.05) is 11.6 Å². The van der Waals surface area contributed by atoms with Gasteiger partial charge in [0.1, 0.15) is 6.29 Å². The highest BCUT2D eigenvalue weighted by atomic mass is 16.1. The summed E-state index contributed by atoms with van der Waals surface area (Å²) in [5.41, 5.74) is 3.15. The van der Waals surface area contributed by atoms with Crippen molar-refractivity contribution in [2.75, 3.05) is 0 Å². The maximum Gasteiger partial charge on any atom is 0.150 e. The molecule has 0 aromatic heterocycles. The summed E-state index contributed by atoms with van der Waals surface area (Å²) in [6.45, 7) is 2.31. The molecule has 126 valence electrons. The fourth-order valence-electron chi connectivity index (χ4n) is 3.88. The fraction of sp³-hybridized carbons (Fsp3) is 0.409. The molecular formula is C22H27NO. The number of aldehydes is 1. The van der Waals surface area contributed by atoms with E-state index in [-0.39, 0.29) is 6.04 Å². The normalized spacial score (nSPS) is 18.0. The van der Waals surface area contributed by atoms with Crippen LogP contribution in [0.1, 0.15) is 66.6 Å². The Kier molecular flexibility index (Phi) is 5.81. The van der Waals surface area contributed by atoms with Gasteiger partial charge in [-0.2, -0.15) is 0 Å². The molecule has 2 atom stereocenters. The maximum absolute atomic E-state index is 11.2. The molecule has 2 nitrogen and oxygen atoms in total. The summed E-state index contributed by atoms with van der Waals surface area (Å²) < 4.78 is 0. The first-order valence-electron chi connectivity index (χ1n) is 9.14. The lowest BCUT2D eigenvalue weighted by atomic mass is 9.83. The van der Waals surface area contributed by atoms with E-state index in [1.165, 1.54) is 37.7 Å². The van der Waals surface area contributed by atoms with E-state index < -0.39 is 0 Å². The molecule has 0 radical (unpaired) electrons. The third-order valence-electron chi connectivity index (χ3n) is 5.30. The standard InChI is InChI=1S/C22H27NO/c1-17(19-10-4-2-5-11-19)23-22(20-12-6-3-7-13-20)21-14-8-9-18(15-21)16-24/h3,6-9,12-17,19,22-23H,2,4-5,10-11H2,1H3/t17-,22-/m1/s1. The molecule has 24 heavy (non-hydrogen) atoms. The SMILES string of the molecule is C[C@@H](N[C@H](c1ccccc1)c1cccc(C=O)c1)C1CCCCC1. The van der Waals surface area contributed by atoms with Crippen LogP contribution in [0, 0.1) is 5.92 Å². The second-order valence-electron chi connectivity index (χ2n) is 6.99. The molecule has 2 heteroatoms. The Morgan fingerprint density at radius 1 is 0.958 bits per heavy atom. The number of benzene rings is 2. The third kappa shape index (κ3) is 4.12. The Morgan fingerprint density at radius 3 is 2.38 bits per heavy atom. The van der Waals surface area contributed by atoms with Gasteiger partial charge in [0.05, 0.1) is 6.04 Å². The van der Waals surface area contributed by atoms with Gasteiger partial charge in [-0.1, -0.05) is 67.8 Å². The van der Waals surface area contributed by atoms with Crippen molar-refractivity contribution in [3.05, 3.63) is 71.3 Å². The average molecular weight is 321 g/mol. The predicted octanol–water partition coefficient (Wildman–Crippen LogP) is 5.15. The van der Waals surface area contributed by atoms with Crippen LogP contribution in [-0.2, 0) is 0 Å². The van der Waals surface area contributed by atoms with Crippen molar-refractivity contribution in [3.8, 4) is 0 Å². The van der Waals surface area contributed by atoms with E-state index in [1.54, 1.807) is 0 Å². The van der Waals surface area contributed by atoms with E-state index in [0.29, 0.717) is 6.04 Å². The van der Waals surface area contributed by atoms with E-state index in [2.05, 4.69) is 42.6 Å². The Balaban J connectivity index is 1.85. The zero-order valence-corrected chi connectivity index (χ0v) is 14.4. The fourth-order valence-corrected chi connectivity index (χ4v) is 3.88. The molecule has 0 aliphatic heterocycles. The minimum Gasteiger partial charge on any atom is -0.303 e. The van der Waals surface area contributed by atoms with Gasteiger partial charge in [-0.3, -0.25) is 4.79 Å². The van der Waals surface area contributed by atoms with Crippen LogP contribution in [0.15, 0.2) is 54.6 Å². The molecule has 0 spiro atoms. The van der Waals surface area contributed by atoms with Crippen LogP contribution in [0.5, 0.6) is 0 Å². The Labute approximate surface area is 145 Å². The summed E-state index contributed by atoms with van der Waals surface area (Å²) in [5.74, 6) is 0.749. The molecular weight excluding hydrogens is 294 g/mol. The molecule has 1 fully saturated rings. The van der Waals surface area contributed by atoms with E-state index in [1.807, 2.05) is 24.3 Å². The molecule has 0 saturated heterocycles. The molecule has 1 aliphatic rings. The van der Waals surface area contributed by atoms with Crippen molar-refractivity contribution in [3.63, 3.8) is 0 Å². The molecule has 2 aromatic rings. The lowest BCUT2D eigenvalue weighted by Gasteiger charge is -2.32. The van der Waals surface area contributed by atoms with E-state index >= 15 is 0 Å². The molecule has 2 aromatic carbocycles. The summed E-state index contributed by atoms with van der Waals surface area (Å²) >= 11 is 0. The van der Waals surface area contributed by atoms with Crippen molar-refractivity contribution in [1.82, 2.24) is 5.32 Å². The zero-order valence-electron chi connectivity index (χ0n) is 14.4. The molecule has 1 aliphatic carbocycles. The van der Waals surface area contributed by atoms with Crippen molar-refractivity contribution in [1.29, 1.82) is 0 Å². The minimum atomic E-state index is 0.128. The zero-order chi connectivity index (χ0) is 16.8. The van der Waals surface area contributed by atoms with Gasteiger partial charge >= 0.3 is 0 Å². The highest BCUT2D eigenvalue weighted by molar-refractivity contribution is 5.75. The second kappa shape index (κ2) is 8.25. The number of hydrogen-bond acceptors (Lipinski definition) is 2. The van der Waals surface area contributed by atoms with Crippen LogP contribution in [0.4, 0.5) is 0 Å². The van der Waals surface area contributed by atoms with Gasteiger partial charge in [-0.05, 0) is 42.9 Å². The van der Waals surface area contributed by atoms with Crippen LogP contribution in [0.3, 0.4) is 0 Å². The monoisotopic (exact) mass is 321 g/mol. The topological polar surface area (TPSA) is 29.1 Å². The van der Waals surface area contributed by atoms with E-state index in [9.17, 15) is 4.79 Å². The van der Waals surface area contributed by atoms with Crippen molar-refractivity contribution in [2.45, 2.75) is 51.1 Å². The molecule has 1 saturated carbocycles. The second-order valence-corrected chi connectivity index (χ2v) is 6.99. The molecule has 0 unspecified atom stereocenters. The van der Waals surface area contributed by atoms with E-state index in [0.717, 1.165) is 23.3 Å². The van der Waals surface area contributed by atoms with Crippen LogP contribution in [0.25, 0.3) is 0 Å². The van der Waals surface area contributed by atoms with E-state index in [4.69, 9.17) is 0 Å².